The maximum atomic E-state index is 4.49. The predicted octanol–water partition coefficient (Wildman–Crippen LogP) is 2.64. The molecule has 0 saturated heterocycles. The number of hydrogen-bond acceptors (Lipinski definition) is 2. The molecule has 5 heteroatoms. The summed E-state index contributed by atoms with van der Waals surface area (Å²) in [4.78, 5) is 4.33. The van der Waals surface area contributed by atoms with Gasteiger partial charge in [0.1, 0.15) is 0 Å². The summed E-state index contributed by atoms with van der Waals surface area (Å²) in [5, 5.41) is 11.3. The monoisotopic (exact) mass is 327 g/mol. The molecule has 24 heavy (non-hydrogen) atoms. The van der Waals surface area contributed by atoms with Crippen LogP contribution in [0, 0.1) is 20.8 Å². The maximum absolute atomic E-state index is 4.49. The van der Waals surface area contributed by atoms with Gasteiger partial charge in [-0.15, -0.1) is 0 Å². The molecule has 0 aliphatic heterocycles. The summed E-state index contributed by atoms with van der Waals surface area (Å²) in [6.07, 6.45) is 0.927. The zero-order valence-electron chi connectivity index (χ0n) is 15.6. The Hall–Kier alpha value is -2.30. The number of aliphatic imine (C=N–C) groups is 1. The topological polar surface area (TPSA) is 54.2 Å². The standard InChI is InChI=1S/C19H29N5/c1-13-7-9-17(10-8-13)12-21-19(20-5)22-14(2)11-18-15(3)23-24(6)16(18)4/h7-10,14H,11-12H2,1-6H3,(H2,20,21,22). The molecule has 2 N–H and O–H groups in total. The Bertz CT molecular complexity index is 697. The van der Waals surface area contributed by atoms with Crippen molar-refractivity contribution in [2.24, 2.45) is 12.0 Å². The molecule has 0 amide bonds. The van der Waals surface area contributed by atoms with Crippen LogP contribution in [0.3, 0.4) is 0 Å². The van der Waals surface area contributed by atoms with E-state index < -0.39 is 0 Å². The van der Waals surface area contributed by atoms with Gasteiger partial charge < -0.3 is 10.6 Å². The van der Waals surface area contributed by atoms with Crippen molar-refractivity contribution >= 4 is 5.96 Å². The average Bonchev–Trinajstić information content (AvgIpc) is 2.79. The lowest BCUT2D eigenvalue weighted by Gasteiger charge is -2.18. The van der Waals surface area contributed by atoms with Gasteiger partial charge >= 0.3 is 0 Å². The summed E-state index contributed by atoms with van der Waals surface area (Å²) in [5.74, 6) is 0.822. The van der Waals surface area contributed by atoms with E-state index in [9.17, 15) is 0 Å². The molecule has 1 unspecified atom stereocenters. The third-order valence-electron chi connectivity index (χ3n) is 4.36. The van der Waals surface area contributed by atoms with E-state index in [1.165, 1.54) is 22.4 Å². The van der Waals surface area contributed by atoms with Gasteiger partial charge in [0.05, 0.1) is 5.69 Å². The summed E-state index contributed by atoms with van der Waals surface area (Å²) in [7, 11) is 3.80. The van der Waals surface area contributed by atoms with Crippen LogP contribution >= 0.6 is 0 Å². The fourth-order valence-corrected chi connectivity index (χ4v) is 2.79. The largest absolute Gasteiger partial charge is 0.354 e. The molecule has 1 atom stereocenters. The summed E-state index contributed by atoms with van der Waals surface area (Å²) in [6, 6.07) is 8.81. The number of guanidine groups is 1. The first-order valence-corrected chi connectivity index (χ1v) is 8.42. The van der Waals surface area contributed by atoms with Crippen LogP contribution in [0.15, 0.2) is 29.3 Å². The van der Waals surface area contributed by atoms with Gasteiger partial charge in [0.15, 0.2) is 5.96 Å². The SMILES string of the molecule is CN=C(NCc1ccc(C)cc1)NC(C)Cc1c(C)nn(C)c1C. The molecule has 0 fully saturated rings. The number of nitrogens with zero attached hydrogens (tertiary/aromatic N) is 3. The van der Waals surface area contributed by atoms with E-state index in [1.54, 1.807) is 7.05 Å². The Kier molecular flexibility index (Phi) is 6.01. The summed E-state index contributed by atoms with van der Waals surface area (Å²) >= 11 is 0. The number of aromatic nitrogens is 2. The van der Waals surface area contributed by atoms with Crippen LogP contribution in [0.1, 0.15) is 35.0 Å². The van der Waals surface area contributed by atoms with Gasteiger partial charge in [0.25, 0.3) is 0 Å². The second-order valence-electron chi connectivity index (χ2n) is 6.43. The van der Waals surface area contributed by atoms with Crippen LogP contribution in [-0.4, -0.2) is 28.8 Å². The molecule has 5 nitrogen and oxygen atoms in total. The first-order valence-electron chi connectivity index (χ1n) is 8.42. The number of nitrogens with one attached hydrogen (secondary N) is 2. The van der Waals surface area contributed by atoms with Crippen molar-refractivity contribution in [3.8, 4) is 0 Å². The van der Waals surface area contributed by atoms with Crippen molar-refractivity contribution in [3.05, 3.63) is 52.3 Å². The van der Waals surface area contributed by atoms with Crippen LogP contribution in [-0.2, 0) is 20.0 Å². The molecule has 130 valence electrons. The van der Waals surface area contributed by atoms with Gasteiger partial charge in [-0.1, -0.05) is 29.8 Å². The zero-order chi connectivity index (χ0) is 17.7. The highest BCUT2D eigenvalue weighted by molar-refractivity contribution is 5.79. The van der Waals surface area contributed by atoms with Crippen LogP contribution in [0.25, 0.3) is 0 Å². The first kappa shape index (κ1) is 18.0. The van der Waals surface area contributed by atoms with Crippen LogP contribution in [0.5, 0.6) is 0 Å². The summed E-state index contributed by atoms with van der Waals surface area (Å²) in [6.45, 7) is 9.22. The van der Waals surface area contributed by atoms with E-state index in [0.29, 0.717) is 0 Å². The average molecular weight is 327 g/mol. The first-order chi connectivity index (χ1) is 11.4. The van der Waals surface area contributed by atoms with E-state index >= 15 is 0 Å². The molecule has 2 aromatic rings. The fourth-order valence-electron chi connectivity index (χ4n) is 2.79. The van der Waals surface area contributed by atoms with Crippen molar-refractivity contribution < 1.29 is 0 Å². The Labute approximate surface area is 145 Å². The normalized spacial score (nSPS) is 13.0. The third-order valence-corrected chi connectivity index (χ3v) is 4.36. The van der Waals surface area contributed by atoms with Gasteiger partial charge in [-0.25, -0.2) is 0 Å². The van der Waals surface area contributed by atoms with Crippen LogP contribution < -0.4 is 10.6 Å². The third kappa shape index (κ3) is 4.60. The molecule has 1 aromatic carbocycles. The lowest BCUT2D eigenvalue weighted by molar-refractivity contribution is 0.635. The molecule has 2 rings (SSSR count). The van der Waals surface area contributed by atoms with E-state index in [1.807, 2.05) is 11.7 Å². The molecule has 0 bridgehead atoms. The lowest BCUT2D eigenvalue weighted by Crippen LogP contribution is -2.42. The van der Waals surface area contributed by atoms with Crippen molar-refractivity contribution in [3.63, 3.8) is 0 Å². The second kappa shape index (κ2) is 7.99. The lowest BCUT2D eigenvalue weighted by atomic mass is 10.1. The van der Waals surface area contributed by atoms with Crippen molar-refractivity contribution in [1.82, 2.24) is 20.4 Å². The van der Waals surface area contributed by atoms with Crippen molar-refractivity contribution in [2.75, 3.05) is 7.05 Å². The van der Waals surface area contributed by atoms with Gasteiger partial charge in [-0.3, -0.25) is 9.67 Å². The predicted molar refractivity (Wildman–Crippen MR) is 100 cm³/mol. The van der Waals surface area contributed by atoms with E-state index in [2.05, 4.69) is 72.7 Å². The van der Waals surface area contributed by atoms with Gasteiger partial charge in [0.2, 0.25) is 0 Å². The maximum Gasteiger partial charge on any atom is 0.191 e. The molecule has 1 heterocycles. The molecule has 0 saturated carbocycles. The second-order valence-corrected chi connectivity index (χ2v) is 6.43. The van der Waals surface area contributed by atoms with Crippen molar-refractivity contribution in [1.29, 1.82) is 0 Å². The van der Waals surface area contributed by atoms with E-state index in [-0.39, 0.29) is 6.04 Å². The molecular formula is C19H29N5. The van der Waals surface area contributed by atoms with Crippen LogP contribution in [0.2, 0.25) is 0 Å². The van der Waals surface area contributed by atoms with Crippen LogP contribution in [0.4, 0.5) is 0 Å². The number of rotatable bonds is 5. The zero-order valence-corrected chi connectivity index (χ0v) is 15.6. The Morgan fingerprint density at radius 2 is 1.88 bits per heavy atom. The minimum atomic E-state index is 0.274. The highest BCUT2D eigenvalue weighted by atomic mass is 15.3. The summed E-state index contributed by atoms with van der Waals surface area (Å²) < 4.78 is 1.95. The molecule has 0 spiro atoms. The van der Waals surface area contributed by atoms with Crippen molar-refractivity contribution in [2.45, 2.75) is 46.7 Å². The number of hydrogen-bond donors (Lipinski definition) is 2. The molecular weight excluding hydrogens is 298 g/mol. The molecule has 0 radical (unpaired) electrons. The Balaban J connectivity index is 1.91. The highest BCUT2D eigenvalue weighted by Crippen LogP contribution is 2.14. The van der Waals surface area contributed by atoms with Gasteiger partial charge in [-0.2, -0.15) is 5.10 Å². The fraction of sp³-hybridized carbons (Fsp3) is 0.474. The summed E-state index contributed by atoms with van der Waals surface area (Å²) in [5.41, 5.74) is 6.16. The molecule has 0 aliphatic carbocycles. The molecule has 1 aromatic heterocycles. The highest BCUT2D eigenvalue weighted by Gasteiger charge is 2.13. The minimum Gasteiger partial charge on any atom is -0.354 e. The minimum absolute atomic E-state index is 0.274. The van der Waals surface area contributed by atoms with Gasteiger partial charge in [-0.05, 0) is 45.2 Å². The number of benzene rings is 1. The van der Waals surface area contributed by atoms with E-state index in [4.69, 9.17) is 0 Å². The number of aryl methyl sites for hydroxylation is 3. The smallest absolute Gasteiger partial charge is 0.191 e. The Morgan fingerprint density at radius 3 is 2.42 bits per heavy atom. The quantitative estimate of drug-likeness (QED) is 0.656. The van der Waals surface area contributed by atoms with E-state index in [0.717, 1.165) is 24.6 Å². The molecule has 0 aliphatic rings. The van der Waals surface area contributed by atoms with Gasteiger partial charge in [0, 0.05) is 32.4 Å². The Morgan fingerprint density at radius 1 is 1.21 bits per heavy atom.